The molecule has 1 fully saturated rings. The fraction of sp³-hybridized carbons (Fsp3) is 0.632. The molecule has 1 aliphatic heterocycles. The van der Waals surface area contributed by atoms with Crippen LogP contribution in [-0.4, -0.2) is 42.8 Å². The highest BCUT2D eigenvalue weighted by Gasteiger charge is 2.32. The maximum atomic E-state index is 12.7. The smallest absolute Gasteiger partial charge is 0.317 e. The molecule has 1 atom stereocenters. The molecule has 0 saturated carbocycles. The lowest BCUT2D eigenvalue weighted by Gasteiger charge is -2.37. The molecular weight excluding hydrogens is 304 g/mol. The quantitative estimate of drug-likeness (QED) is 0.889. The van der Waals surface area contributed by atoms with Crippen LogP contribution in [0, 0.1) is 11.3 Å². The number of rotatable bonds is 4. The van der Waals surface area contributed by atoms with Crippen LogP contribution in [0.2, 0.25) is 0 Å². The lowest BCUT2D eigenvalue weighted by Crippen LogP contribution is -2.48. The third-order valence-electron chi connectivity index (χ3n) is 4.74. The number of hydrogen-bond donors (Lipinski definition) is 2. The second-order valence-corrected chi connectivity index (χ2v) is 7.60. The second kappa shape index (κ2) is 7.88. The van der Waals surface area contributed by atoms with Crippen molar-refractivity contribution in [2.24, 2.45) is 11.3 Å². The molecule has 2 rings (SSSR count). The summed E-state index contributed by atoms with van der Waals surface area (Å²) in [6.07, 6.45) is 1.72. The van der Waals surface area contributed by atoms with Gasteiger partial charge >= 0.3 is 6.03 Å². The molecule has 5 heteroatoms. The zero-order valence-corrected chi connectivity index (χ0v) is 15.2. The van der Waals surface area contributed by atoms with Gasteiger partial charge in [0.25, 0.3) is 0 Å². The van der Waals surface area contributed by atoms with E-state index in [0.717, 1.165) is 24.2 Å². The third-order valence-corrected chi connectivity index (χ3v) is 4.74. The van der Waals surface area contributed by atoms with E-state index >= 15 is 0 Å². The van der Waals surface area contributed by atoms with Crippen LogP contribution in [0.15, 0.2) is 24.3 Å². The van der Waals surface area contributed by atoms with Gasteiger partial charge in [0.2, 0.25) is 0 Å². The number of amides is 2. The summed E-state index contributed by atoms with van der Waals surface area (Å²) in [5.74, 6) is 1.11. The van der Waals surface area contributed by atoms with E-state index in [-0.39, 0.29) is 24.1 Å². The first-order valence-electron chi connectivity index (χ1n) is 8.66. The van der Waals surface area contributed by atoms with Gasteiger partial charge in [0.15, 0.2) is 0 Å². The summed E-state index contributed by atoms with van der Waals surface area (Å²) in [5.41, 5.74) is 0.847. The number of ether oxygens (including phenoxy) is 1. The summed E-state index contributed by atoms with van der Waals surface area (Å²) >= 11 is 0. The van der Waals surface area contributed by atoms with Gasteiger partial charge in [-0.2, -0.15) is 0 Å². The van der Waals surface area contributed by atoms with Gasteiger partial charge in [0.1, 0.15) is 5.75 Å². The number of nitrogens with zero attached hydrogens (tertiary/aromatic N) is 1. The number of nitrogens with one attached hydrogen (secondary N) is 1. The van der Waals surface area contributed by atoms with Gasteiger partial charge in [-0.1, -0.05) is 39.0 Å². The number of urea groups is 1. The normalized spacial score (nSPS) is 17.5. The summed E-state index contributed by atoms with van der Waals surface area (Å²) in [4.78, 5) is 14.6. The molecule has 2 N–H and O–H groups in total. The number of methoxy groups -OCH3 is 1. The van der Waals surface area contributed by atoms with Crippen LogP contribution in [0.5, 0.6) is 5.75 Å². The van der Waals surface area contributed by atoms with E-state index < -0.39 is 0 Å². The first kappa shape index (κ1) is 18.6. The van der Waals surface area contributed by atoms with Gasteiger partial charge in [-0.3, -0.25) is 0 Å². The van der Waals surface area contributed by atoms with E-state index in [1.807, 2.05) is 29.2 Å². The molecule has 1 aromatic carbocycles. The van der Waals surface area contributed by atoms with Gasteiger partial charge < -0.3 is 20.1 Å². The van der Waals surface area contributed by atoms with Crippen molar-refractivity contribution in [1.29, 1.82) is 0 Å². The summed E-state index contributed by atoms with van der Waals surface area (Å²) < 4.78 is 5.48. The number of carbonyl (C=O) groups excluding carboxylic acids is 1. The molecule has 0 bridgehead atoms. The first-order chi connectivity index (χ1) is 11.4. The Hall–Kier alpha value is -1.75. The average molecular weight is 334 g/mol. The van der Waals surface area contributed by atoms with E-state index in [0.29, 0.717) is 19.0 Å². The lowest BCUT2D eigenvalue weighted by molar-refractivity contribution is 0.130. The summed E-state index contributed by atoms with van der Waals surface area (Å²) in [6.45, 7) is 7.94. The predicted octanol–water partition coefficient (Wildman–Crippen LogP) is 3.20. The number of para-hydroxylation sites is 1. The van der Waals surface area contributed by atoms with Crippen molar-refractivity contribution < 1.29 is 14.6 Å². The maximum absolute atomic E-state index is 12.7. The Balaban J connectivity index is 2.14. The minimum absolute atomic E-state index is 0.0442. The van der Waals surface area contributed by atoms with E-state index in [9.17, 15) is 9.90 Å². The fourth-order valence-corrected chi connectivity index (χ4v) is 3.20. The Labute approximate surface area is 145 Å². The summed E-state index contributed by atoms with van der Waals surface area (Å²) in [7, 11) is 1.65. The second-order valence-electron chi connectivity index (χ2n) is 7.60. The van der Waals surface area contributed by atoms with E-state index in [4.69, 9.17) is 4.74 Å². The molecule has 0 aromatic heterocycles. The SMILES string of the molecule is COc1ccccc1C(NC(=O)N1CCC(CO)CC1)C(C)(C)C. The predicted molar refractivity (Wildman–Crippen MR) is 95.1 cm³/mol. The Morgan fingerprint density at radius 2 is 1.96 bits per heavy atom. The van der Waals surface area contributed by atoms with E-state index in [2.05, 4.69) is 26.1 Å². The minimum Gasteiger partial charge on any atom is -0.496 e. The molecule has 1 aromatic rings. The van der Waals surface area contributed by atoms with Crippen LogP contribution in [0.1, 0.15) is 45.2 Å². The number of likely N-dealkylation sites (tertiary alicyclic amines) is 1. The van der Waals surface area contributed by atoms with Crippen molar-refractivity contribution in [3.8, 4) is 5.75 Å². The van der Waals surface area contributed by atoms with Gasteiger partial charge in [-0.25, -0.2) is 4.79 Å². The van der Waals surface area contributed by atoms with Gasteiger partial charge in [0, 0.05) is 25.3 Å². The Kier molecular flexibility index (Phi) is 6.10. The molecule has 24 heavy (non-hydrogen) atoms. The highest BCUT2D eigenvalue weighted by molar-refractivity contribution is 5.75. The monoisotopic (exact) mass is 334 g/mol. The molecule has 0 radical (unpaired) electrons. The van der Waals surface area contributed by atoms with Crippen molar-refractivity contribution in [1.82, 2.24) is 10.2 Å². The number of aliphatic hydroxyl groups excluding tert-OH is 1. The van der Waals surface area contributed by atoms with Crippen LogP contribution >= 0.6 is 0 Å². The molecule has 134 valence electrons. The van der Waals surface area contributed by atoms with E-state index in [1.165, 1.54) is 0 Å². The van der Waals surface area contributed by atoms with Crippen molar-refractivity contribution in [2.75, 3.05) is 26.8 Å². The van der Waals surface area contributed by atoms with Crippen molar-refractivity contribution in [2.45, 2.75) is 39.7 Å². The molecule has 1 unspecified atom stereocenters. The highest BCUT2D eigenvalue weighted by atomic mass is 16.5. The van der Waals surface area contributed by atoms with Crippen molar-refractivity contribution >= 4 is 6.03 Å². The first-order valence-corrected chi connectivity index (χ1v) is 8.66. The zero-order valence-electron chi connectivity index (χ0n) is 15.2. The van der Waals surface area contributed by atoms with Crippen LogP contribution in [0.4, 0.5) is 4.79 Å². The maximum Gasteiger partial charge on any atom is 0.317 e. The summed E-state index contributed by atoms with van der Waals surface area (Å²) in [6, 6.07) is 7.65. The molecule has 0 spiro atoms. The Morgan fingerprint density at radius 3 is 2.50 bits per heavy atom. The zero-order chi connectivity index (χ0) is 17.7. The summed E-state index contributed by atoms with van der Waals surface area (Å²) in [5, 5.41) is 12.4. The van der Waals surface area contributed by atoms with Gasteiger partial charge in [0.05, 0.1) is 13.2 Å². The number of piperidine rings is 1. The number of hydrogen-bond acceptors (Lipinski definition) is 3. The van der Waals surface area contributed by atoms with Crippen molar-refractivity contribution in [3.05, 3.63) is 29.8 Å². The third kappa shape index (κ3) is 4.41. The topological polar surface area (TPSA) is 61.8 Å². The Morgan fingerprint density at radius 1 is 1.33 bits per heavy atom. The standard InChI is InChI=1S/C19H30N2O3/c1-19(2,3)17(15-7-5-6-8-16(15)24-4)20-18(23)21-11-9-14(13-22)10-12-21/h5-8,14,17,22H,9-13H2,1-4H3,(H,20,23). The van der Waals surface area contributed by atoms with E-state index in [1.54, 1.807) is 7.11 Å². The molecule has 0 aliphatic carbocycles. The number of benzene rings is 1. The van der Waals surface area contributed by atoms with Crippen LogP contribution in [-0.2, 0) is 0 Å². The average Bonchev–Trinajstić information content (AvgIpc) is 2.58. The molecule has 1 aliphatic rings. The lowest BCUT2D eigenvalue weighted by atomic mass is 9.82. The fourth-order valence-electron chi connectivity index (χ4n) is 3.20. The molecular formula is C19H30N2O3. The number of carbonyl (C=O) groups is 1. The molecule has 5 nitrogen and oxygen atoms in total. The van der Waals surface area contributed by atoms with Crippen LogP contribution in [0.25, 0.3) is 0 Å². The van der Waals surface area contributed by atoms with Crippen LogP contribution in [0.3, 0.4) is 0 Å². The Bertz CT molecular complexity index is 546. The molecule has 2 amide bonds. The minimum atomic E-state index is -0.145. The van der Waals surface area contributed by atoms with Gasteiger partial charge in [-0.05, 0) is 30.2 Å². The van der Waals surface area contributed by atoms with Gasteiger partial charge in [-0.15, -0.1) is 0 Å². The molecule has 1 saturated heterocycles. The van der Waals surface area contributed by atoms with Crippen molar-refractivity contribution in [3.63, 3.8) is 0 Å². The number of aliphatic hydroxyl groups is 1. The highest BCUT2D eigenvalue weighted by Crippen LogP contribution is 2.37. The van der Waals surface area contributed by atoms with Crippen LogP contribution < -0.4 is 10.1 Å². The molecule has 1 heterocycles. The largest absolute Gasteiger partial charge is 0.496 e.